The summed E-state index contributed by atoms with van der Waals surface area (Å²) in [7, 11) is 0. The minimum absolute atomic E-state index is 0.0537. The molecule has 2 aliphatic heterocycles. The highest BCUT2D eigenvalue weighted by molar-refractivity contribution is 5.98. The Morgan fingerprint density at radius 2 is 2.20 bits per heavy atom. The highest BCUT2D eigenvalue weighted by Crippen LogP contribution is 2.39. The number of hydrogen-bond acceptors (Lipinski definition) is 4. The van der Waals surface area contributed by atoms with Gasteiger partial charge in [-0.3, -0.25) is 4.99 Å². The van der Waals surface area contributed by atoms with Crippen LogP contribution in [0.15, 0.2) is 29.3 Å². The number of anilines is 1. The van der Waals surface area contributed by atoms with Gasteiger partial charge in [0.2, 0.25) is 0 Å². The predicted octanol–water partition coefficient (Wildman–Crippen LogP) is 1.72. The van der Waals surface area contributed by atoms with Crippen molar-refractivity contribution in [2.24, 2.45) is 16.6 Å². The summed E-state index contributed by atoms with van der Waals surface area (Å²) < 4.78 is 13.2. The summed E-state index contributed by atoms with van der Waals surface area (Å²) in [5.74, 6) is 0.818. The normalized spacial score (nSPS) is 29.8. The van der Waals surface area contributed by atoms with Crippen molar-refractivity contribution in [2.75, 3.05) is 24.5 Å². The Balaban J connectivity index is 2.00. The lowest BCUT2D eigenvalue weighted by Gasteiger charge is -2.47. The van der Waals surface area contributed by atoms with Crippen molar-refractivity contribution in [3.63, 3.8) is 0 Å². The maximum Gasteiger partial charge on any atom is 0.196 e. The molecule has 2 aliphatic rings. The molecule has 0 aromatic heterocycles. The van der Waals surface area contributed by atoms with E-state index in [1.165, 1.54) is 12.1 Å². The maximum absolute atomic E-state index is 13.2. The second-order valence-corrected chi connectivity index (χ2v) is 5.65. The zero-order valence-corrected chi connectivity index (χ0v) is 11.8. The second-order valence-electron chi connectivity index (χ2n) is 5.65. The molecule has 5 heteroatoms. The first-order valence-corrected chi connectivity index (χ1v) is 7.24. The van der Waals surface area contributed by atoms with Gasteiger partial charge in [0.15, 0.2) is 5.96 Å². The summed E-state index contributed by atoms with van der Waals surface area (Å²) >= 11 is 0. The molecule has 1 fully saturated rings. The molecule has 4 nitrogen and oxygen atoms in total. The van der Waals surface area contributed by atoms with Crippen LogP contribution < -0.4 is 16.0 Å². The Morgan fingerprint density at radius 3 is 2.90 bits per heavy atom. The van der Waals surface area contributed by atoms with Crippen LogP contribution in [0, 0.1) is 11.7 Å². The summed E-state index contributed by atoms with van der Waals surface area (Å²) in [6.07, 6.45) is 2.08. The number of rotatable bonds is 2. The van der Waals surface area contributed by atoms with Gasteiger partial charge in [0, 0.05) is 12.2 Å². The number of guanidine groups is 1. The van der Waals surface area contributed by atoms with E-state index < -0.39 is 0 Å². The minimum Gasteiger partial charge on any atom is -0.369 e. The van der Waals surface area contributed by atoms with Gasteiger partial charge in [-0.25, -0.2) is 4.39 Å². The fraction of sp³-hybridized carbons (Fsp3) is 0.533. The molecule has 0 saturated carbocycles. The third-order valence-electron chi connectivity index (χ3n) is 4.65. The average Bonchev–Trinajstić information content (AvgIpc) is 2.78. The van der Waals surface area contributed by atoms with Crippen molar-refractivity contribution < 1.29 is 4.39 Å². The Hall–Kier alpha value is -1.62. The van der Waals surface area contributed by atoms with Crippen LogP contribution in [0.4, 0.5) is 10.1 Å². The van der Waals surface area contributed by atoms with Gasteiger partial charge in [-0.2, -0.15) is 0 Å². The summed E-state index contributed by atoms with van der Waals surface area (Å²) in [6.45, 7) is 4.89. The molecule has 20 heavy (non-hydrogen) atoms. The summed E-state index contributed by atoms with van der Waals surface area (Å²) in [5, 5.41) is 3.45. The van der Waals surface area contributed by atoms with Crippen molar-refractivity contribution >= 4 is 11.6 Å². The number of halogens is 1. The molecule has 2 atom stereocenters. The Kier molecular flexibility index (Phi) is 3.38. The van der Waals surface area contributed by atoms with E-state index in [-0.39, 0.29) is 11.4 Å². The highest BCUT2D eigenvalue weighted by atomic mass is 19.1. The average molecular weight is 276 g/mol. The number of aliphatic imine (C=N–C) groups is 1. The molecular weight excluding hydrogens is 255 g/mol. The smallest absolute Gasteiger partial charge is 0.196 e. The van der Waals surface area contributed by atoms with E-state index in [0.29, 0.717) is 11.9 Å². The molecule has 0 radical (unpaired) electrons. The fourth-order valence-corrected chi connectivity index (χ4v) is 3.57. The monoisotopic (exact) mass is 276 g/mol. The molecule has 1 spiro atoms. The van der Waals surface area contributed by atoms with Crippen molar-refractivity contribution in [3.8, 4) is 0 Å². The van der Waals surface area contributed by atoms with Crippen LogP contribution in [0.5, 0.6) is 0 Å². The van der Waals surface area contributed by atoms with E-state index in [4.69, 9.17) is 5.73 Å². The van der Waals surface area contributed by atoms with Crippen molar-refractivity contribution in [1.82, 2.24) is 5.32 Å². The van der Waals surface area contributed by atoms with E-state index in [9.17, 15) is 4.39 Å². The lowest BCUT2D eigenvalue weighted by Crippen LogP contribution is -2.62. The van der Waals surface area contributed by atoms with E-state index >= 15 is 0 Å². The highest BCUT2D eigenvalue weighted by Gasteiger charge is 2.49. The molecule has 0 amide bonds. The largest absolute Gasteiger partial charge is 0.369 e. The third-order valence-corrected chi connectivity index (χ3v) is 4.65. The zero-order chi connectivity index (χ0) is 14.2. The van der Waals surface area contributed by atoms with Gasteiger partial charge in [0.25, 0.3) is 0 Å². The standard InChI is InChI=1S/C15H21FN4/c1-2-11-9-18-8-7-15(11)10-19-14(17)20(15)13-5-3-12(16)4-6-13/h3-6,11,18H,2,7-10H2,1H3,(H2,17,19). The molecule has 0 aliphatic carbocycles. The second kappa shape index (κ2) is 5.05. The van der Waals surface area contributed by atoms with Gasteiger partial charge in [-0.15, -0.1) is 0 Å². The minimum atomic E-state index is -0.227. The molecule has 1 aromatic rings. The SMILES string of the molecule is CCC1CNCCC12CN=C(N)N2c1ccc(F)cc1. The molecule has 2 unspecified atom stereocenters. The number of nitrogens with zero attached hydrogens (tertiary/aromatic N) is 2. The van der Waals surface area contributed by atoms with Crippen LogP contribution in [0.25, 0.3) is 0 Å². The maximum atomic E-state index is 13.2. The van der Waals surface area contributed by atoms with Crippen LogP contribution in [-0.2, 0) is 0 Å². The van der Waals surface area contributed by atoms with Crippen LogP contribution in [-0.4, -0.2) is 31.1 Å². The van der Waals surface area contributed by atoms with Gasteiger partial charge in [-0.1, -0.05) is 6.92 Å². The number of benzene rings is 1. The molecule has 1 saturated heterocycles. The predicted molar refractivity (Wildman–Crippen MR) is 79.4 cm³/mol. The van der Waals surface area contributed by atoms with Gasteiger partial charge in [0.05, 0.1) is 12.1 Å². The third kappa shape index (κ3) is 1.97. The molecule has 3 rings (SSSR count). The molecule has 2 heterocycles. The lowest BCUT2D eigenvalue weighted by molar-refractivity contribution is 0.217. The van der Waals surface area contributed by atoms with Crippen LogP contribution in [0.2, 0.25) is 0 Å². The first-order valence-electron chi connectivity index (χ1n) is 7.24. The summed E-state index contributed by atoms with van der Waals surface area (Å²) in [4.78, 5) is 6.62. The summed E-state index contributed by atoms with van der Waals surface area (Å²) in [6, 6.07) is 6.55. The van der Waals surface area contributed by atoms with Crippen LogP contribution in [0.1, 0.15) is 19.8 Å². The van der Waals surface area contributed by atoms with Crippen LogP contribution >= 0.6 is 0 Å². The number of hydrogen-bond donors (Lipinski definition) is 2. The van der Waals surface area contributed by atoms with E-state index in [0.717, 1.165) is 38.2 Å². The fourth-order valence-electron chi connectivity index (χ4n) is 3.57. The van der Waals surface area contributed by atoms with Crippen molar-refractivity contribution in [2.45, 2.75) is 25.3 Å². The molecule has 1 aromatic carbocycles. The molecule has 108 valence electrons. The Morgan fingerprint density at radius 1 is 1.45 bits per heavy atom. The van der Waals surface area contributed by atoms with E-state index in [1.807, 2.05) is 0 Å². The van der Waals surface area contributed by atoms with Gasteiger partial charge < -0.3 is 16.0 Å². The molecule has 0 bridgehead atoms. The summed E-state index contributed by atoms with van der Waals surface area (Å²) in [5.41, 5.74) is 7.02. The lowest BCUT2D eigenvalue weighted by atomic mass is 9.76. The first kappa shape index (κ1) is 13.4. The van der Waals surface area contributed by atoms with Gasteiger partial charge in [-0.05, 0) is 49.6 Å². The van der Waals surface area contributed by atoms with Gasteiger partial charge in [0.1, 0.15) is 5.82 Å². The molecule has 3 N–H and O–H groups in total. The zero-order valence-electron chi connectivity index (χ0n) is 11.8. The first-order chi connectivity index (χ1) is 9.67. The Labute approximate surface area is 118 Å². The quantitative estimate of drug-likeness (QED) is 0.865. The van der Waals surface area contributed by atoms with Gasteiger partial charge >= 0.3 is 0 Å². The number of piperidine rings is 1. The van der Waals surface area contributed by atoms with Crippen molar-refractivity contribution in [3.05, 3.63) is 30.1 Å². The topological polar surface area (TPSA) is 53.6 Å². The molecular formula is C15H21FN4. The van der Waals surface area contributed by atoms with E-state index in [1.54, 1.807) is 12.1 Å². The van der Waals surface area contributed by atoms with E-state index in [2.05, 4.69) is 22.1 Å². The number of nitrogens with one attached hydrogen (secondary N) is 1. The van der Waals surface area contributed by atoms with Crippen molar-refractivity contribution in [1.29, 1.82) is 0 Å². The number of nitrogens with two attached hydrogens (primary N) is 1. The Bertz CT molecular complexity index is 513. The van der Waals surface area contributed by atoms with Crippen LogP contribution in [0.3, 0.4) is 0 Å².